The molecule has 0 aliphatic carbocycles. The summed E-state index contributed by atoms with van der Waals surface area (Å²) in [5, 5.41) is 5.70. The normalized spacial score (nSPS) is 15.6. The van der Waals surface area contributed by atoms with Gasteiger partial charge in [-0.25, -0.2) is 4.79 Å². The van der Waals surface area contributed by atoms with Crippen molar-refractivity contribution >= 4 is 17.6 Å². The standard InChI is InChI=1S/C22H27N3O5/c1-4-30-20-11-15(5-10-19(20)29-3)13-23-22(27)24-16-12-21(26)25(14-16)17-6-8-18(28-2)9-7-17/h5-11,16H,4,12-14H2,1-3H3,(H2,23,24,27)/t16-/m1/s1. The van der Waals surface area contributed by atoms with Gasteiger partial charge in [-0.1, -0.05) is 6.07 Å². The second-order valence-electron chi connectivity index (χ2n) is 6.85. The average molecular weight is 413 g/mol. The van der Waals surface area contributed by atoms with E-state index in [1.807, 2.05) is 37.3 Å². The Balaban J connectivity index is 1.53. The van der Waals surface area contributed by atoms with Gasteiger partial charge in [-0.3, -0.25) is 4.79 Å². The van der Waals surface area contributed by atoms with Crippen LogP contribution < -0.4 is 29.7 Å². The molecule has 3 amide bonds. The highest BCUT2D eigenvalue weighted by Crippen LogP contribution is 2.28. The minimum atomic E-state index is -0.321. The summed E-state index contributed by atoms with van der Waals surface area (Å²) in [7, 11) is 3.18. The number of urea groups is 1. The fourth-order valence-corrected chi connectivity index (χ4v) is 3.33. The van der Waals surface area contributed by atoms with Gasteiger partial charge in [0.25, 0.3) is 0 Å². The van der Waals surface area contributed by atoms with Gasteiger partial charge in [0.15, 0.2) is 11.5 Å². The highest BCUT2D eigenvalue weighted by molar-refractivity contribution is 5.96. The van der Waals surface area contributed by atoms with Crippen molar-refractivity contribution in [2.75, 3.05) is 32.3 Å². The van der Waals surface area contributed by atoms with Gasteiger partial charge in [0.05, 0.1) is 26.9 Å². The van der Waals surface area contributed by atoms with E-state index in [4.69, 9.17) is 14.2 Å². The van der Waals surface area contributed by atoms with Crippen molar-refractivity contribution in [3.63, 3.8) is 0 Å². The Morgan fingerprint density at radius 2 is 1.87 bits per heavy atom. The maximum absolute atomic E-state index is 12.4. The molecule has 30 heavy (non-hydrogen) atoms. The topological polar surface area (TPSA) is 89.1 Å². The number of amides is 3. The van der Waals surface area contributed by atoms with Crippen molar-refractivity contribution in [1.29, 1.82) is 0 Å². The first-order valence-electron chi connectivity index (χ1n) is 9.82. The first-order chi connectivity index (χ1) is 14.5. The second kappa shape index (κ2) is 9.87. The Labute approximate surface area is 176 Å². The van der Waals surface area contributed by atoms with Gasteiger partial charge in [-0.05, 0) is 48.9 Å². The maximum atomic E-state index is 12.4. The number of nitrogens with one attached hydrogen (secondary N) is 2. The van der Waals surface area contributed by atoms with Gasteiger partial charge < -0.3 is 29.7 Å². The van der Waals surface area contributed by atoms with Crippen LogP contribution in [0.5, 0.6) is 17.2 Å². The number of ether oxygens (including phenoxy) is 3. The molecule has 2 aromatic carbocycles. The van der Waals surface area contributed by atoms with Gasteiger partial charge >= 0.3 is 6.03 Å². The van der Waals surface area contributed by atoms with Crippen molar-refractivity contribution in [3.05, 3.63) is 48.0 Å². The Morgan fingerprint density at radius 3 is 2.53 bits per heavy atom. The highest BCUT2D eigenvalue weighted by atomic mass is 16.5. The van der Waals surface area contributed by atoms with E-state index in [1.165, 1.54) is 0 Å². The smallest absolute Gasteiger partial charge is 0.315 e. The third kappa shape index (κ3) is 5.14. The molecule has 2 aromatic rings. The van der Waals surface area contributed by atoms with Crippen molar-refractivity contribution in [1.82, 2.24) is 10.6 Å². The van der Waals surface area contributed by atoms with Crippen molar-refractivity contribution in [2.24, 2.45) is 0 Å². The molecule has 0 aromatic heterocycles. The van der Waals surface area contributed by atoms with E-state index in [1.54, 1.807) is 31.3 Å². The molecular weight excluding hydrogens is 386 g/mol. The monoisotopic (exact) mass is 413 g/mol. The van der Waals surface area contributed by atoms with Gasteiger partial charge in [0.2, 0.25) is 5.91 Å². The van der Waals surface area contributed by atoms with Crippen molar-refractivity contribution < 1.29 is 23.8 Å². The van der Waals surface area contributed by atoms with Crippen molar-refractivity contribution in [2.45, 2.75) is 25.9 Å². The predicted octanol–water partition coefficient (Wildman–Crippen LogP) is 2.71. The Kier molecular flexibility index (Phi) is 7.00. The molecule has 1 aliphatic heterocycles. The van der Waals surface area contributed by atoms with E-state index in [-0.39, 0.29) is 24.4 Å². The third-order valence-corrected chi connectivity index (χ3v) is 4.83. The minimum absolute atomic E-state index is 0.0259. The summed E-state index contributed by atoms with van der Waals surface area (Å²) < 4.78 is 16.0. The SMILES string of the molecule is CCOc1cc(CNC(=O)N[C@@H]2CC(=O)N(c3ccc(OC)cc3)C2)ccc1OC. The lowest BCUT2D eigenvalue weighted by molar-refractivity contribution is -0.117. The van der Waals surface area contributed by atoms with E-state index in [2.05, 4.69) is 10.6 Å². The summed E-state index contributed by atoms with van der Waals surface area (Å²) in [5.41, 5.74) is 1.67. The minimum Gasteiger partial charge on any atom is -0.497 e. The Morgan fingerprint density at radius 1 is 1.10 bits per heavy atom. The van der Waals surface area contributed by atoms with Crippen LogP contribution in [0, 0.1) is 0 Å². The molecule has 8 nitrogen and oxygen atoms in total. The fraction of sp³-hybridized carbons (Fsp3) is 0.364. The first-order valence-corrected chi connectivity index (χ1v) is 9.82. The van der Waals surface area contributed by atoms with Gasteiger partial charge in [0.1, 0.15) is 5.75 Å². The molecule has 1 saturated heterocycles. The molecule has 0 radical (unpaired) electrons. The summed E-state index contributed by atoms with van der Waals surface area (Å²) in [6.45, 7) is 3.18. The predicted molar refractivity (Wildman–Crippen MR) is 113 cm³/mol. The van der Waals surface area contributed by atoms with Crippen LogP contribution in [0.3, 0.4) is 0 Å². The number of carbonyl (C=O) groups is 2. The molecule has 160 valence electrons. The molecule has 0 saturated carbocycles. The zero-order chi connectivity index (χ0) is 21.5. The number of hydrogen-bond acceptors (Lipinski definition) is 5. The zero-order valence-electron chi connectivity index (χ0n) is 17.4. The van der Waals surface area contributed by atoms with Crippen LogP contribution in [0.15, 0.2) is 42.5 Å². The number of rotatable bonds is 8. The Hall–Kier alpha value is -3.42. The Bertz CT molecular complexity index is 885. The van der Waals surface area contributed by atoms with Gasteiger partial charge in [0, 0.05) is 25.2 Å². The molecule has 8 heteroatoms. The number of hydrogen-bond donors (Lipinski definition) is 2. The molecule has 2 N–H and O–H groups in total. The van der Waals surface area contributed by atoms with Gasteiger partial charge in [-0.15, -0.1) is 0 Å². The molecule has 0 spiro atoms. The van der Waals surface area contributed by atoms with Crippen LogP contribution in [0.2, 0.25) is 0 Å². The van der Waals surface area contributed by atoms with Crippen LogP contribution in [-0.4, -0.2) is 45.4 Å². The van der Waals surface area contributed by atoms with Crippen LogP contribution in [0.1, 0.15) is 18.9 Å². The summed E-state index contributed by atoms with van der Waals surface area (Å²) in [5.74, 6) is 1.98. The van der Waals surface area contributed by atoms with Gasteiger partial charge in [-0.2, -0.15) is 0 Å². The molecule has 1 heterocycles. The zero-order valence-corrected chi connectivity index (χ0v) is 17.4. The first kappa shape index (κ1) is 21.3. The van der Waals surface area contributed by atoms with Crippen LogP contribution >= 0.6 is 0 Å². The molecule has 0 unspecified atom stereocenters. The van der Waals surface area contributed by atoms with Crippen molar-refractivity contribution in [3.8, 4) is 17.2 Å². The van der Waals surface area contributed by atoms with E-state index in [0.717, 1.165) is 17.0 Å². The van der Waals surface area contributed by atoms with Crippen LogP contribution in [-0.2, 0) is 11.3 Å². The summed E-state index contributed by atoms with van der Waals surface area (Å²) in [6.07, 6.45) is 0.260. The summed E-state index contributed by atoms with van der Waals surface area (Å²) in [6, 6.07) is 12.2. The number of benzene rings is 2. The lowest BCUT2D eigenvalue weighted by Crippen LogP contribution is -2.43. The highest BCUT2D eigenvalue weighted by Gasteiger charge is 2.31. The molecule has 0 bridgehead atoms. The maximum Gasteiger partial charge on any atom is 0.315 e. The second-order valence-corrected chi connectivity index (χ2v) is 6.85. The van der Waals surface area contributed by atoms with E-state index < -0.39 is 0 Å². The van der Waals surface area contributed by atoms with E-state index >= 15 is 0 Å². The van der Waals surface area contributed by atoms with E-state index in [9.17, 15) is 9.59 Å². The number of methoxy groups -OCH3 is 2. The van der Waals surface area contributed by atoms with Crippen LogP contribution in [0.4, 0.5) is 10.5 Å². The summed E-state index contributed by atoms with van der Waals surface area (Å²) >= 11 is 0. The summed E-state index contributed by atoms with van der Waals surface area (Å²) in [4.78, 5) is 26.3. The number of anilines is 1. The quantitative estimate of drug-likeness (QED) is 0.695. The number of carbonyl (C=O) groups excluding carboxylic acids is 2. The lowest BCUT2D eigenvalue weighted by Gasteiger charge is -2.18. The molecule has 1 atom stereocenters. The molecule has 1 fully saturated rings. The fourth-order valence-electron chi connectivity index (χ4n) is 3.33. The molecule has 3 rings (SSSR count). The van der Waals surface area contributed by atoms with Crippen LogP contribution in [0.25, 0.3) is 0 Å². The lowest BCUT2D eigenvalue weighted by atomic mass is 10.2. The molecule has 1 aliphatic rings. The largest absolute Gasteiger partial charge is 0.497 e. The average Bonchev–Trinajstić information content (AvgIpc) is 3.12. The third-order valence-electron chi connectivity index (χ3n) is 4.83. The molecular formula is C22H27N3O5. The number of nitrogens with zero attached hydrogens (tertiary/aromatic N) is 1. The van der Waals surface area contributed by atoms with E-state index in [0.29, 0.717) is 31.2 Å².